The van der Waals surface area contributed by atoms with Crippen LogP contribution in [0.25, 0.3) is 22.4 Å². The summed E-state index contributed by atoms with van der Waals surface area (Å²) in [6.45, 7) is 2.16. The van der Waals surface area contributed by atoms with E-state index in [9.17, 15) is 4.79 Å². The first-order chi connectivity index (χ1) is 12.7. The number of hydrogen-bond donors (Lipinski definition) is 0. The molecule has 7 heteroatoms. The predicted octanol–water partition coefficient (Wildman–Crippen LogP) is 3.71. The van der Waals surface area contributed by atoms with E-state index in [4.69, 9.17) is 16.1 Å². The quantitative estimate of drug-likeness (QED) is 0.550. The van der Waals surface area contributed by atoms with Gasteiger partial charge in [0.2, 0.25) is 0 Å². The van der Waals surface area contributed by atoms with Gasteiger partial charge in [0.15, 0.2) is 5.82 Å². The SMILES string of the molecule is CCc1nc2ccccc2c(=O)n1Cc1noc(-c2cccc(Cl)c2)n1. The average molecular weight is 367 g/mol. The molecule has 2 heterocycles. The lowest BCUT2D eigenvalue weighted by atomic mass is 10.2. The third-order valence-corrected chi connectivity index (χ3v) is 4.33. The van der Waals surface area contributed by atoms with Crippen molar-refractivity contribution in [2.75, 3.05) is 0 Å². The molecule has 0 fully saturated rings. The molecule has 130 valence electrons. The number of aryl methyl sites for hydroxylation is 1. The van der Waals surface area contributed by atoms with Crippen LogP contribution < -0.4 is 5.56 Å². The highest BCUT2D eigenvalue weighted by Crippen LogP contribution is 2.21. The van der Waals surface area contributed by atoms with E-state index >= 15 is 0 Å². The number of halogens is 1. The lowest BCUT2D eigenvalue weighted by Crippen LogP contribution is -2.26. The molecule has 0 amide bonds. The predicted molar refractivity (Wildman–Crippen MR) is 99.2 cm³/mol. The van der Waals surface area contributed by atoms with Gasteiger partial charge in [0.1, 0.15) is 5.82 Å². The number of fused-ring (bicyclic) bond motifs is 1. The van der Waals surface area contributed by atoms with Crippen LogP contribution >= 0.6 is 11.6 Å². The summed E-state index contributed by atoms with van der Waals surface area (Å²) in [5, 5.41) is 5.16. The van der Waals surface area contributed by atoms with E-state index in [1.807, 2.05) is 37.3 Å². The van der Waals surface area contributed by atoms with Crippen molar-refractivity contribution in [2.24, 2.45) is 0 Å². The Kier molecular flexibility index (Phi) is 4.26. The molecule has 0 bridgehead atoms. The molecular formula is C19H15ClN4O2. The highest BCUT2D eigenvalue weighted by molar-refractivity contribution is 6.30. The van der Waals surface area contributed by atoms with E-state index < -0.39 is 0 Å². The van der Waals surface area contributed by atoms with E-state index in [-0.39, 0.29) is 12.1 Å². The van der Waals surface area contributed by atoms with Gasteiger partial charge in [-0.25, -0.2) is 4.98 Å². The first kappa shape index (κ1) is 16.5. The minimum atomic E-state index is -0.110. The number of hydrogen-bond acceptors (Lipinski definition) is 5. The van der Waals surface area contributed by atoms with Crippen molar-refractivity contribution in [3.8, 4) is 11.5 Å². The molecule has 6 nitrogen and oxygen atoms in total. The third kappa shape index (κ3) is 2.99. The van der Waals surface area contributed by atoms with E-state index in [1.165, 1.54) is 0 Å². The zero-order chi connectivity index (χ0) is 18.1. The van der Waals surface area contributed by atoms with Gasteiger partial charge in [-0.3, -0.25) is 9.36 Å². The standard InChI is InChI=1S/C19H15ClN4O2/c1-2-17-21-15-9-4-3-8-14(15)19(25)24(17)11-16-22-18(26-23-16)12-6-5-7-13(20)10-12/h3-10H,2,11H2,1H3. The fourth-order valence-electron chi connectivity index (χ4n) is 2.85. The average Bonchev–Trinajstić information content (AvgIpc) is 3.12. The van der Waals surface area contributed by atoms with Crippen molar-refractivity contribution < 1.29 is 4.52 Å². The number of nitrogens with zero attached hydrogens (tertiary/aromatic N) is 4. The fraction of sp³-hybridized carbons (Fsp3) is 0.158. The summed E-state index contributed by atoms with van der Waals surface area (Å²) in [4.78, 5) is 21.8. The summed E-state index contributed by atoms with van der Waals surface area (Å²) in [5.41, 5.74) is 1.32. The molecule has 2 aromatic carbocycles. The molecule has 0 N–H and O–H groups in total. The van der Waals surface area contributed by atoms with Crippen LogP contribution in [0.5, 0.6) is 0 Å². The lowest BCUT2D eigenvalue weighted by molar-refractivity contribution is 0.419. The van der Waals surface area contributed by atoms with Crippen molar-refractivity contribution in [2.45, 2.75) is 19.9 Å². The van der Waals surface area contributed by atoms with Crippen LogP contribution in [0, 0.1) is 0 Å². The minimum Gasteiger partial charge on any atom is -0.334 e. The zero-order valence-electron chi connectivity index (χ0n) is 14.0. The van der Waals surface area contributed by atoms with Gasteiger partial charge in [0, 0.05) is 17.0 Å². The summed E-state index contributed by atoms with van der Waals surface area (Å²) in [6, 6.07) is 14.5. The van der Waals surface area contributed by atoms with Gasteiger partial charge in [0.25, 0.3) is 11.4 Å². The van der Waals surface area contributed by atoms with Gasteiger partial charge in [0.05, 0.1) is 17.4 Å². The molecule has 26 heavy (non-hydrogen) atoms. The van der Waals surface area contributed by atoms with Gasteiger partial charge >= 0.3 is 0 Å². The number of rotatable bonds is 4. The molecule has 4 aromatic rings. The Labute approximate surface area is 154 Å². The maximum Gasteiger partial charge on any atom is 0.261 e. The maximum atomic E-state index is 12.9. The Morgan fingerprint density at radius 2 is 1.96 bits per heavy atom. The van der Waals surface area contributed by atoms with Crippen molar-refractivity contribution in [3.63, 3.8) is 0 Å². The van der Waals surface area contributed by atoms with Crippen molar-refractivity contribution in [3.05, 3.63) is 75.6 Å². The summed E-state index contributed by atoms with van der Waals surface area (Å²) in [7, 11) is 0. The second-order valence-electron chi connectivity index (χ2n) is 5.82. The van der Waals surface area contributed by atoms with Gasteiger partial charge in [-0.1, -0.05) is 41.9 Å². The molecule has 0 saturated carbocycles. The monoisotopic (exact) mass is 366 g/mol. The third-order valence-electron chi connectivity index (χ3n) is 4.10. The molecule has 0 spiro atoms. The molecule has 4 rings (SSSR count). The Morgan fingerprint density at radius 3 is 2.77 bits per heavy atom. The highest BCUT2D eigenvalue weighted by atomic mass is 35.5. The molecule has 0 unspecified atom stereocenters. The van der Waals surface area contributed by atoms with Gasteiger partial charge in [-0.05, 0) is 30.3 Å². The Morgan fingerprint density at radius 1 is 1.12 bits per heavy atom. The second-order valence-corrected chi connectivity index (χ2v) is 6.25. The normalized spacial score (nSPS) is 11.2. The summed E-state index contributed by atoms with van der Waals surface area (Å²) in [5.74, 6) is 1.46. The molecule has 0 aliphatic rings. The molecule has 0 saturated heterocycles. The Bertz CT molecular complexity index is 1150. The van der Waals surface area contributed by atoms with Crippen LogP contribution in [-0.4, -0.2) is 19.7 Å². The number of benzene rings is 2. The fourth-order valence-corrected chi connectivity index (χ4v) is 3.04. The first-order valence-corrected chi connectivity index (χ1v) is 8.60. The van der Waals surface area contributed by atoms with E-state index in [1.54, 1.807) is 22.8 Å². The topological polar surface area (TPSA) is 73.8 Å². The van der Waals surface area contributed by atoms with Crippen molar-refractivity contribution in [1.82, 2.24) is 19.7 Å². The van der Waals surface area contributed by atoms with Crippen LogP contribution in [0.2, 0.25) is 5.02 Å². The molecule has 0 radical (unpaired) electrons. The van der Waals surface area contributed by atoms with Crippen LogP contribution in [0.15, 0.2) is 57.8 Å². The van der Waals surface area contributed by atoms with E-state index in [0.29, 0.717) is 39.9 Å². The number of aromatic nitrogens is 4. The smallest absolute Gasteiger partial charge is 0.261 e. The molecular weight excluding hydrogens is 352 g/mol. The maximum absolute atomic E-state index is 12.9. The zero-order valence-corrected chi connectivity index (χ0v) is 14.8. The molecule has 0 atom stereocenters. The van der Waals surface area contributed by atoms with Gasteiger partial charge in [-0.15, -0.1) is 0 Å². The summed E-state index contributed by atoms with van der Waals surface area (Å²) < 4.78 is 6.92. The molecule has 2 aromatic heterocycles. The lowest BCUT2D eigenvalue weighted by Gasteiger charge is -2.10. The first-order valence-electron chi connectivity index (χ1n) is 8.22. The van der Waals surface area contributed by atoms with E-state index in [2.05, 4.69) is 15.1 Å². The Balaban J connectivity index is 1.74. The van der Waals surface area contributed by atoms with Gasteiger partial charge < -0.3 is 4.52 Å². The van der Waals surface area contributed by atoms with Crippen LogP contribution in [0.4, 0.5) is 0 Å². The van der Waals surface area contributed by atoms with Crippen molar-refractivity contribution >= 4 is 22.5 Å². The van der Waals surface area contributed by atoms with Crippen LogP contribution in [-0.2, 0) is 13.0 Å². The van der Waals surface area contributed by atoms with Crippen molar-refractivity contribution in [1.29, 1.82) is 0 Å². The van der Waals surface area contributed by atoms with Crippen LogP contribution in [0.3, 0.4) is 0 Å². The number of para-hydroxylation sites is 1. The largest absolute Gasteiger partial charge is 0.334 e. The Hall–Kier alpha value is -2.99. The summed E-state index contributed by atoms with van der Waals surface area (Å²) in [6.07, 6.45) is 0.624. The second kappa shape index (κ2) is 6.72. The van der Waals surface area contributed by atoms with Gasteiger partial charge in [-0.2, -0.15) is 4.98 Å². The minimum absolute atomic E-state index is 0.110. The highest BCUT2D eigenvalue weighted by Gasteiger charge is 2.14. The summed E-state index contributed by atoms with van der Waals surface area (Å²) >= 11 is 6.00. The van der Waals surface area contributed by atoms with E-state index in [0.717, 1.165) is 5.56 Å². The molecule has 0 aliphatic heterocycles. The van der Waals surface area contributed by atoms with Crippen LogP contribution in [0.1, 0.15) is 18.6 Å². The molecule has 0 aliphatic carbocycles.